The first-order chi connectivity index (χ1) is 10.1. The van der Waals surface area contributed by atoms with Crippen molar-refractivity contribution < 1.29 is 8.95 Å². The molecule has 21 heavy (non-hydrogen) atoms. The first kappa shape index (κ1) is 14.9. The minimum Gasteiger partial charge on any atom is -0.371 e. The van der Waals surface area contributed by atoms with Crippen LogP contribution in [0.4, 0.5) is 0 Å². The quantitative estimate of drug-likeness (QED) is 0.890. The van der Waals surface area contributed by atoms with E-state index in [0.717, 1.165) is 19.5 Å². The molecule has 2 heterocycles. The summed E-state index contributed by atoms with van der Waals surface area (Å²) in [6.07, 6.45) is 0.848. The molecule has 7 heteroatoms. The summed E-state index contributed by atoms with van der Waals surface area (Å²) < 4.78 is 20.5. The molecular formula is C14H16ClN3O2S. The van der Waals surface area contributed by atoms with Gasteiger partial charge < -0.3 is 10.1 Å². The zero-order valence-corrected chi connectivity index (χ0v) is 13.0. The Morgan fingerprint density at radius 2 is 2.38 bits per heavy atom. The molecule has 112 valence electrons. The van der Waals surface area contributed by atoms with E-state index in [2.05, 4.69) is 11.4 Å². The van der Waals surface area contributed by atoms with Crippen LogP contribution in [0.25, 0.3) is 0 Å². The fourth-order valence-electron chi connectivity index (χ4n) is 2.80. The Bertz CT molecular complexity index is 611. The Morgan fingerprint density at radius 1 is 1.52 bits per heavy atom. The van der Waals surface area contributed by atoms with Crippen molar-refractivity contribution in [2.75, 3.05) is 32.8 Å². The van der Waals surface area contributed by atoms with Gasteiger partial charge in [-0.25, -0.2) is 8.51 Å². The largest absolute Gasteiger partial charge is 0.371 e. The molecule has 0 aromatic heterocycles. The molecule has 0 saturated carbocycles. The van der Waals surface area contributed by atoms with E-state index in [1.54, 1.807) is 18.2 Å². The Hall–Kier alpha value is -0.970. The van der Waals surface area contributed by atoms with E-state index < -0.39 is 11.0 Å². The van der Waals surface area contributed by atoms with Crippen LogP contribution in [0.15, 0.2) is 23.1 Å². The molecule has 0 aliphatic carbocycles. The number of nitrogens with zero attached hydrogens (tertiary/aromatic N) is 2. The second-order valence-electron chi connectivity index (χ2n) is 5.32. The van der Waals surface area contributed by atoms with Gasteiger partial charge in [0.1, 0.15) is 17.1 Å². The fraction of sp³-hybridized carbons (Fsp3) is 0.500. The molecule has 1 aromatic carbocycles. The van der Waals surface area contributed by atoms with E-state index in [9.17, 15) is 9.47 Å². The van der Waals surface area contributed by atoms with Gasteiger partial charge in [-0.1, -0.05) is 11.6 Å². The van der Waals surface area contributed by atoms with Crippen molar-refractivity contribution in [3.05, 3.63) is 28.8 Å². The first-order valence-electron chi connectivity index (χ1n) is 6.85. The summed E-state index contributed by atoms with van der Waals surface area (Å²) in [6.45, 7) is 3.64. The lowest BCUT2D eigenvalue weighted by Crippen LogP contribution is -2.51. The summed E-state index contributed by atoms with van der Waals surface area (Å²) in [7, 11) is -1.36. The number of morpholine rings is 1. The van der Waals surface area contributed by atoms with Gasteiger partial charge in [0.2, 0.25) is 0 Å². The van der Waals surface area contributed by atoms with Crippen molar-refractivity contribution in [2.24, 2.45) is 0 Å². The second kappa shape index (κ2) is 6.03. The van der Waals surface area contributed by atoms with Gasteiger partial charge in [0.25, 0.3) is 0 Å². The molecule has 2 aliphatic rings. The third kappa shape index (κ3) is 2.98. The highest BCUT2D eigenvalue weighted by Gasteiger charge is 2.42. The van der Waals surface area contributed by atoms with Crippen molar-refractivity contribution in [3.63, 3.8) is 0 Å². The van der Waals surface area contributed by atoms with Gasteiger partial charge in [-0.3, -0.25) is 0 Å². The van der Waals surface area contributed by atoms with Crippen LogP contribution in [-0.2, 0) is 15.7 Å². The summed E-state index contributed by atoms with van der Waals surface area (Å²) >= 11 is 5.88. The van der Waals surface area contributed by atoms with Gasteiger partial charge in [-0.15, -0.1) is 0 Å². The number of hydrogen-bond acceptors (Lipinski definition) is 4. The molecule has 0 radical (unpaired) electrons. The van der Waals surface area contributed by atoms with Gasteiger partial charge in [0.15, 0.2) is 0 Å². The van der Waals surface area contributed by atoms with Crippen LogP contribution in [0.2, 0.25) is 5.02 Å². The van der Waals surface area contributed by atoms with E-state index in [1.807, 2.05) is 4.31 Å². The Morgan fingerprint density at radius 3 is 3.10 bits per heavy atom. The molecule has 1 aromatic rings. The van der Waals surface area contributed by atoms with E-state index in [4.69, 9.17) is 16.3 Å². The molecule has 2 aliphatic heterocycles. The van der Waals surface area contributed by atoms with Crippen LogP contribution < -0.4 is 5.32 Å². The molecule has 2 saturated heterocycles. The van der Waals surface area contributed by atoms with E-state index >= 15 is 0 Å². The number of rotatable bonds is 2. The van der Waals surface area contributed by atoms with Crippen LogP contribution >= 0.6 is 11.6 Å². The third-order valence-corrected chi connectivity index (χ3v) is 5.65. The van der Waals surface area contributed by atoms with Crippen LogP contribution in [0.3, 0.4) is 0 Å². The number of benzene rings is 1. The van der Waals surface area contributed by atoms with Gasteiger partial charge in [0.05, 0.1) is 22.7 Å². The number of halogens is 1. The molecule has 2 fully saturated rings. The molecule has 1 spiro atoms. The van der Waals surface area contributed by atoms with Gasteiger partial charge >= 0.3 is 0 Å². The molecule has 1 N–H and O–H groups in total. The number of nitriles is 1. The zero-order valence-electron chi connectivity index (χ0n) is 11.5. The Labute approximate surface area is 131 Å². The highest BCUT2D eigenvalue weighted by molar-refractivity contribution is 7.82. The fourth-order valence-corrected chi connectivity index (χ4v) is 4.34. The topological polar surface area (TPSA) is 65.4 Å². The maximum absolute atomic E-state index is 12.7. The van der Waals surface area contributed by atoms with Gasteiger partial charge in [-0.05, 0) is 24.6 Å². The molecule has 0 amide bonds. The standard InChI is InChI=1S/C14H16ClN3O2S/c15-12-1-2-13(11(7-12)8-16)21(19)18-5-3-14(10-18)9-17-4-6-20-14/h1-2,7,17H,3-6,9-10H2. The highest BCUT2D eigenvalue weighted by atomic mass is 35.5. The SMILES string of the molecule is N#Cc1cc(Cl)ccc1S(=O)N1CCC2(CNCCO2)C1. The van der Waals surface area contributed by atoms with Gasteiger partial charge in [0, 0.05) is 31.2 Å². The van der Waals surface area contributed by atoms with Gasteiger partial charge in [-0.2, -0.15) is 5.26 Å². The third-order valence-electron chi connectivity index (χ3n) is 3.90. The number of hydrogen-bond donors (Lipinski definition) is 1. The summed E-state index contributed by atoms with van der Waals surface area (Å²) in [5.41, 5.74) is 0.122. The monoisotopic (exact) mass is 325 g/mol. The van der Waals surface area contributed by atoms with Crippen molar-refractivity contribution in [3.8, 4) is 6.07 Å². The minimum absolute atomic E-state index is 0.243. The van der Waals surface area contributed by atoms with Crippen molar-refractivity contribution >= 4 is 22.6 Å². The van der Waals surface area contributed by atoms with E-state index in [1.165, 1.54) is 0 Å². The highest BCUT2D eigenvalue weighted by Crippen LogP contribution is 2.30. The van der Waals surface area contributed by atoms with Crippen LogP contribution in [0, 0.1) is 11.3 Å². The average Bonchev–Trinajstić information content (AvgIpc) is 2.91. The lowest BCUT2D eigenvalue weighted by molar-refractivity contribution is -0.0538. The van der Waals surface area contributed by atoms with Crippen molar-refractivity contribution in [2.45, 2.75) is 16.9 Å². The first-order valence-corrected chi connectivity index (χ1v) is 8.33. The smallest absolute Gasteiger partial charge is 0.129 e. The minimum atomic E-state index is -1.36. The maximum Gasteiger partial charge on any atom is 0.129 e. The summed E-state index contributed by atoms with van der Waals surface area (Å²) in [6, 6.07) is 6.95. The molecule has 5 nitrogen and oxygen atoms in total. The molecule has 0 bridgehead atoms. The lowest BCUT2D eigenvalue weighted by Gasteiger charge is -2.34. The van der Waals surface area contributed by atoms with Crippen LogP contribution in [-0.4, -0.2) is 46.9 Å². The summed E-state index contributed by atoms with van der Waals surface area (Å²) in [5.74, 6) is 0. The summed E-state index contributed by atoms with van der Waals surface area (Å²) in [4.78, 5) is 0.516. The number of nitrogens with one attached hydrogen (secondary N) is 1. The zero-order chi connectivity index (χ0) is 14.9. The molecular weight excluding hydrogens is 310 g/mol. The van der Waals surface area contributed by atoms with E-state index in [-0.39, 0.29) is 5.60 Å². The second-order valence-corrected chi connectivity index (χ2v) is 7.21. The molecule has 3 rings (SSSR count). The van der Waals surface area contributed by atoms with Crippen LogP contribution in [0.5, 0.6) is 0 Å². The Balaban J connectivity index is 1.79. The predicted octanol–water partition coefficient (Wildman–Crippen LogP) is 1.30. The number of ether oxygens (including phenoxy) is 1. The van der Waals surface area contributed by atoms with Crippen molar-refractivity contribution in [1.29, 1.82) is 5.26 Å². The van der Waals surface area contributed by atoms with Crippen LogP contribution in [0.1, 0.15) is 12.0 Å². The molecule has 2 atom stereocenters. The van der Waals surface area contributed by atoms with Crippen molar-refractivity contribution in [1.82, 2.24) is 9.62 Å². The summed E-state index contributed by atoms with van der Waals surface area (Å²) in [5, 5.41) is 13.0. The normalized spacial score (nSPS) is 27.6. The molecule has 2 unspecified atom stereocenters. The average molecular weight is 326 g/mol. The Kier molecular flexibility index (Phi) is 4.29. The maximum atomic E-state index is 12.7. The van der Waals surface area contributed by atoms with E-state index in [0.29, 0.717) is 35.2 Å². The predicted molar refractivity (Wildman–Crippen MR) is 80.3 cm³/mol. The lowest BCUT2D eigenvalue weighted by atomic mass is 10.0.